The molecule has 1 heterocycles. The molecule has 1 fully saturated rings. The Morgan fingerprint density at radius 3 is 2.62 bits per heavy atom. The quantitative estimate of drug-likeness (QED) is 0.360. The summed E-state index contributed by atoms with van der Waals surface area (Å²) in [6, 6.07) is 7.73. The number of hydrogen-bond acceptors (Lipinski definition) is 4. The van der Waals surface area contributed by atoms with Gasteiger partial charge in [0.25, 0.3) is 0 Å². The Labute approximate surface area is 98.5 Å². The summed E-state index contributed by atoms with van der Waals surface area (Å²) in [5.41, 5.74) is 7.46. The highest BCUT2D eigenvalue weighted by Crippen LogP contribution is 2.23. The van der Waals surface area contributed by atoms with E-state index in [9.17, 15) is 0 Å². The highest BCUT2D eigenvalue weighted by molar-refractivity contribution is 7.99. The molecule has 4 nitrogen and oxygen atoms in total. The van der Waals surface area contributed by atoms with E-state index in [1.54, 1.807) is 0 Å². The molecule has 0 aromatic heterocycles. The Kier molecular flexibility index (Phi) is 3.69. The van der Waals surface area contributed by atoms with E-state index in [0.717, 1.165) is 24.5 Å². The summed E-state index contributed by atoms with van der Waals surface area (Å²) in [5, 5.41) is 12.1. The van der Waals surface area contributed by atoms with E-state index in [0.29, 0.717) is 5.25 Å². The molecular formula is C11H14N2O2S. The summed E-state index contributed by atoms with van der Waals surface area (Å²) in [6.45, 7) is 1.74. The third-order valence-corrected chi connectivity index (χ3v) is 3.69. The van der Waals surface area contributed by atoms with E-state index in [1.165, 1.54) is 5.56 Å². The second-order valence-electron chi connectivity index (χ2n) is 3.65. The minimum Gasteiger partial charge on any atom is -0.409 e. The van der Waals surface area contributed by atoms with Gasteiger partial charge in [0, 0.05) is 11.3 Å². The Morgan fingerprint density at radius 2 is 2.12 bits per heavy atom. The lowest BCUT2D eigenvalue weighted by molar-refractivity contribution is 0.0455. The average molecular weight is 238 g/mol. The van der Waals surface area contributed by atoms with Crippen LogP contribution in [0.15, 0.2) is 29.4 Å². The van der Waals surface area contributed by atoms with Crippen LogP contribution in [0.1, 0.15) is 11.1 Å². The van der Waals surface area contributed by atoms with Crippen LogP contribution in [-0.4, -0.2) is 29.5 Å². The van der Waals surface area contributed by atoms with Gasteiger partial charge < -0.3 is 15.7 Å². The van der Waals surface area contributed by atoms with E-state index in [1.807, 2.05) is 36.0 Å². The van der Waals surface area contributed by atoms with Gasteiger partial charge in [-0.1, -0.05) is 29.4 Å². The van der Waals surface area contributed by atoms with Crippen molar-refractivity contribution in [1.29, 1.82) is 0 Å². The number of thioether (sulfide) groups is 1. The molecular weight excluding hydrogens is 224 g/mol. The first-order valence-corrected chi connectivity index (χ1v) is 6.10. The van der Waals surface area contributed by atoms with E-state index in [2.05, 4.69) is 5.16 Å². The smallest absolute Gasteiger partial charge is 0.170 e. The van der Waals surface area contributed by atoms with Crippen molar-refractivity contribution in [3.05, 3.63) is 35.4 Å². The number of oxime groups is 1. The van der Waals surface area contributed by atoms with Crippen molar-refractivity contribution in [3.8, 4) is 0 Å². The molecule has 0 bridgehead atoms. The monoisotopic (exact) mass is 238 g/mol. The van der Waals surface area contributed by atoms with Crippen LogP contribution in [0.3, 0.4) is 0 Å². The lowest BCUT2D eigenvalue weighted by atomic mass is 10.1. The van der Waals surface area contributed by atoms with Crippen molar-refractivity contribution in [2.24, 2.45) is 10.9 Å². The number of benzene rings is 1. The first-order chi connectivity index (χ1) is 7.79. The molecule has 86 valence electrons. The maximum absolute atomic E-state index is 8.52. The van der Waals surface area contributed by atoms with E-state index < -0.39 is 0 Å². The van der Waals surface area contributed by atoms with Crippen molar-refractivity contribution in [2.75, 3.05) is 13.2 Å². The van der Waals surface area contributed by atoms with E-state index >= 15 is 0 Å². The van der Waals surface area contributed by atoms with Gasteiger partial charge in [-0.15, -0.1) is 11.8 Å². The molecule has 16 heavy (non-hydrogen) atoms. The molecule has 1 saturated heterocycles. The summed E-state index contributed by atoms with van der Waals surface area (Å²) >= 11 is 1.90. The normalized spacial score (nSPS) is 17.1. The molecule has 0 amide bonds. The molecule has 0 spiro atoms. The van der Waals surface area contributed by atoms with Crippen LogP contribution in [0.2, 0.25) is 0 Å². The van der Waals surface area contributed by atoms with Crippen molar-refractivity contribution >= 4 is 17.6 Å². The fourth-order valence-electron chi connectivity index (χ4n) is 1.35. The SMILES string of the molecule is NC(=NO)c1ccc(CSC2COC2)cc1. The van der Waals surface area contributed by atoms with Crippen LogP contribution in [0.5, 0.6) is 0 Å². The summed E-state index contributed by atoms with van der Waals surface area (Å²) in [7, 11) is 0. The average Bonchev–Trinajstić information content (AvgIpc) is 2.27. The molecule has 0 saturated carbocycles. The van der Waals surface area contributed by atoms with Crippen LogP contribution >= 0.6 is 11.8 Å². The maximum Gasteiger partial charge on any atom is 0.170 e. The highest BCUT2D eigenvalue weighted by atomic mass is 32.2. The molecule has 1 aliphatic rings. The largest absolute Gasteiger partial charge is 0.409 e. The first-order valence-electron chi connectivity index (χ1n) is 5.06. The Morgan fingerprint density at radius 1 is 1.44 bits per heavy atom. The molecule has 5 heteroatoms. The highest BCUT2D eigenvalue weighted by Gasteiger charge is 2.18. The number of hydrogen-bond donors (Lipinski definition) is 2. The van der Waals surface area contributed by atoms with Gasteiger partial charge >= 0.3 is 0 Å². The van der Waals surface area contributed by atoms with E-state index in [4.69, 9.17) is 15.7 Å². The third kappa shape index (κ3) is 2.68. The fraction of sp³-hybridized carbons (Fsp3) is 0.364. The van der Waals surface area contributed by atoms with Crippen molar-refractivity contribution < 1.29 is 9.94 Å². The lowest BCUT2D eigenvalue weighted by Gasteiger charge is -2.25. The van der Waals surface area contributed by atoms with Gasteiger partial charge in [-0.05, 0) is 5.56 Å². The number of rotatable bonds is 4. The fourth-order valence-corrected chi connectivity index (χ4v) is 2.36. The summed E-state index contributed by atoms with van der Waals surface area (Å²) in [5.74, 6) is 1.12. The zero-order chi connectivity index (χ0) is 11.4. The van der Waals surface area contributed by atoms with Gasteiger partial charge in [-0.3, -0.25) is 0 Å². The number of ether oxygens (including phenoxy) is 1. The van der Waals surface area contributed by atoms with E-state index in [-0.39, 0.29) is 5.84 Å². The summed E-state index contributed by atoms with van der Waals surface area (Å²) in [4.78, 5) is 0. The molecule has 2 rings (SSSR count). The van der Waals surface area contributed by atoms with Gasteiger partial charge in [-0.2, -0.15) is 0 Å². The zero-order valence-corrected chi connectivity index (χ0v) is 9.61. The van der Waals surface area contributed by atoms with Crippen LogP contribution in [0.25, 0.3) is 0 Å². The van der Waals surface area contributed by atoms with Gasteiger partial charge in [0.15, 0.2) is 5.84 Å². The Hall–Kier alpha value is -1.20. The lowest BCUT2D eigenvalue weighted by Crippen LogP contribution is -2.30. The Balaban J connectivity index is 1.90. The predicted octanol–water partition coefficient (Wildman–Crippen LogP) is 1.41. The predicted molar refractivity (Wildman–Crippen MR) is 64.9 cm³/mol. The van der Waals surface area contributed by atoms with Gasteiger partial charge in [0.2, 0.25) is 0 Å². The van der Waals surface area contributed by atoms with Gasteiger partial charge in [0.05, 0.1) is 18.5 Å². The molecule has 0 radical (unpaired) electrons. The standard InChI is InChI=1S/C11H14N2O2S/c12-11(13-14)9-3-1-8(2-4-9)7-16-10-5-15-6-10/h1-4,10,14H,5-7H2,(H2,12,13). The number of amidine groups is 1. The first kappa shape index (κ1) is 11.3. The molecule has 1 aliphatic heterocycles. The zero-order valence-electron chi connectivity index (χ0n) is 8.80. The van der Waals surface area contributed by atoms with Crippen molar-refractivity contribution in [2.45, 2.75) is 11.0 Å². The number of nitrogens with zero attached hydrogens (tertiary/aromatic N) is 1. The van der Waals surface area contributed by atoms with Crippen molar-refractivity contribution in [3.63, 3.8) is 0 Å². The second kappa shape index (κ2) is 5.23. The Bertz CT molecular complexity index is 374. The van der Waals surface area contributed by atoms with Crippen LogP contribution in [0, 0.1) is 0 Å². The molecule has 1 aromatic rings. The minimum absolute atomic E-state index is 0.145. The topological polar surface area (TPSA) is 67.8 Å². The van der Waals surface area contributed by atoms with Crippen LogP contribution < -0.4 is 5.73 Å². The van der Waals surface area contributed by atoms with Gasteiger partial charge in [-0.25, -0.2) is 0 Å². The summed E-state index contributed by atoms with van der Waals surface area (Å²) < 4.78 is 5.11. The molecule has 0 atom stereocenters. The van der Waals surface area contributed by atoms with Crippen LogP contribution in [0.4, 0.5) is 0 Å². The molecule has 0 aliphatic carbocycles. The molecule has 1 aromatic carbocycles. The van der Waals surface area contributed by atoms with Crippen molar-refractivity contribution in [1.82, 2.24) is 0 Å². The molecule has 3 N–H and O–H groups in total. The second-order valence-corrected chi connectivity index (χ2v) is 4.94. The maximum atomic E-state index is 8.52. The van der Waals surface area contributed by atoms with Gasteiger partial charge in [0.1, 0.15) is 0 Å². The summed E-state index contributed by atoms with van der Waals surface area (Å²) in [6.07, 6.45) is 0. The van der Waals surface area contributed by atoms with Crippen LogP contribution in [-0.2, 0) is 10.5 Å². The number of nitrogens with two attached hydrogens (primary N) is 1. The molecule has 0 unspecified atom stereocenters. The third-order valence-electron chi connectivity index (χ3n) is 2.45. The minimum atomic E-state index is 0.145.